The molecule has 0 bridgehead atoms. The summed E-state index contributed by atoms with van der Waals surface area (Å²) in [6.45, 7) is 3.23. The minimum Gasteiger partial charge on any atom is -0.469 e. The van der Waals surface area contributed by atoms with Crippen LogP contribution in [0.5, 0.6) is 5.19 Å². The summed E-state index contributed by atoms with van der Waals surface area (Å²) < 4.78 is 51.9. The molecule has 6 rings (SSSR count). The van der Waals surface area contributed by atoms with Crippen molar-refractivity contribution in [3.05, 3.63) is 77.0 Å². The van der Waals surface area contributed by atoms with E-state index >= 15 is 0 Å². The van der Waals surface area contributed by atoms with Crippen LogP contribution in [0.1, 0.15) is 24.6 Å². The summed E-state index contributed by atoms with van der Waals surface area (Å²) in [5.41, 5.74) is 3.19. The SMILES string of the molecule is CCn1nccc1S(=O)(=O)N1CCC2=Cc3c(cnn3-c3ccc(F)cc3)C[C@]2(COc2nccs2)C1. The minimum absolute atomic E-state index is 0.194. The first kappa shape index (κ1) is 24.0. The molecule has 3 aromatic heterocycles. The first-order valence-corrected chi connectivity index (χ1v) is 14.3. The van der Waals surface area contributed by atoms with E-state index in [1.807, 2.05) is 12.3 Å². The molecule has 0 amide bonds. The number of fused-ring (bicyclic) bond motifs is 2. The van der Waals surface area contributed by atoms with Crippen LogP contribution < -0.4 is 4.74 Å². The van der Waals surface area contributed by atoms with E-state index in [4.69, 9.17) is 4.74 Å². The van der Waals surface area contributed by atoms with Crippen molar-refractivity contribution in [2.75, 3.05) is 19.7 Å². The topological polar surface area (TPSA) is 95.1 Å². The number of nitrogens with zero attached hydrogens (tertiary/aromatic N) is 6. The Labute approximate surface area is 217 Å². The molecule has 12 heteroatoms. The van der Waals surface area contributed by atoms with Gasteiger partial charge < -0.3 is 4.74 Å². The van der Waals surface area contributed by atoms with Crippen molar-refractivity contribution < 1.29 is 17.5 Å². The van der Waals surface area contributed by atoms with Crippen LogP contribution in [0.25, 0.3) is 11.8 Å². The summed E-state index contributed by atoms with van der Waals surface area (Å²) in [7, 11) is -3.76. The van der Waals surface area contributed by atoms with Gasteiger partial charge in [-0.25, -0.2) is 22.5 Å². The maximum Gasteiger partial charge on any atom is 0.273 e. The van der Waals surface area contributed by atoms with Crippen molar-refractivity contribution in [3.63, 3.8) is 0 Å². The predicted molar refractivity (Wildman–Crippen MR) is 137 cm³/mol. The van der Waals surface area contributed by atoms with Gasteiger partial charge in [-0.1, -0.05) is 16.9 Å². The van der Waals surface area contributed by atoms with E-state index in [2.05, 4.69) is 21.3 Å². The monoisotopic (exact) mass is 540 g/mol. The fourth-order valence-corrected chi connectivity index (χ4v) is 7.38. The van der Waals surface area contributed by atoms with Crippen LogP contribution in [0.2, 0.25) is 0 Å². The number of halogens is 1. The van der Waals surface area contributed by atoms with Gasteiger partial charge >= 0.3 is 0 Å². The molecule has 0 N–H and O–H groups in total. The molecule has 192 valence electrons. The Balaban J connectivity index is 1.38. The molecular formula is C25H25FN6O3S2. The second kappa shape index (κ2) is 9.19. The number of aromatic nitrogens is 5. The predicted octanol–water partition coefficient (Wildman–Crippen LogP) is 3.78. The van der Waals surface area contributed by atoms with Gasteiger partial charge in [0.2, 0.25) is 0 Å². The van der Waals surface area contributed by atoms with Crippen molar-refractivity contribution in [2.45, 2.75) is 31.3 Å². The third kappa shape index (κ3) is 4.18. The average molecular weight is 541 g/mol. The zero-order valence-electron chi connectivity index (χ0n) is 20.1. The number of rotatable bonds is 7. The molecule has 2 aliphatic rings. The molecule has 1 fully saturated rings. The van der Waals surface area contributed by atoms with Gasteiger partial charge in [0.25, 0.3) is 15.2 Å². The van der Waals surface area contributed by atoms with Gasteiger partial charge in [-0.15, -0.1) is 0 Å². The summed E-state index contributed by atoms with van der Waals surface area (Å²) in [6.07, 6.45) is 8.21. The van der Waals surface area contributed by atoms with Crippen molar-refractivity contribution >= 4 is 27.4 Å². The zero-order chi connectivity index (χ0) is 25.6. The van der Waals surface area contributed by atoms with E-state index < -0.39 is 15.4 Å². The van der Waals surface area contributed by atoms with Crippen LogP contribution in [0.4, 0.5) is 4.39 Å². The highest BCUT2D eigenvalue weighted by Crippen LogP contribution is 2.45. The second-order valence-electron chi connectivity index (χ2n) is 9.23. The molecule has 1 aliphatic carbocycles. The Hall–Kier alpha value is -3.35. The average Bonchev–Trinajstić information content (AvgIpc) is 3.67. The maximum atomic E-state index is 13.7. The number of piperidine rings is 1. The quantitative estimate of drug-likeness (QED) is 0.354. The third-order valence-electron chi connectivity index (χ3n) is 7.05. The smallest absolute Gasteiger partial charge is 0.273 e. The summed E-state index contributed by atoms with van der Waals surface area (Å²) in [5, 5.41) is 11.3. The first-order valence-electron chi connectivity index (χ1n) is 12.0. The van der Waals surface area contributed by atoms with Gasteiger partial charge in [0, 0.05) is 36.6 Å². The summed E-state index contributed by atoms with van der Waals surface area (Å²) in [4.78, 5) is 4.25. The molecule has 9 nitrogen and oxygen atoms in total. The van der Waals surface area contributed by atoms with Crippen LogP contribution >= 0.6 is 11.3 Å². The van der Waals surface area contributed by atoms with Crippen molar-refractivity contribution in [3.8, 4) is 10.9 Å². The highest BCUT2D eigenvalue weighted by molar-refractivity contribution is 7.89. The highest BCUT2D eigenvalue weighted by Gasteiger charge is 2.47. The van der Waals surface area contributed by atoms with Gasteiger partial charge in [0.15, 0.2) is 5.03 Å². The number of thiazole rings is 1. The number of ether oxygens (including phenoxy) is 1. The largest absolute Gasteiger partial charge is 0.469 e. The number of sulfonamides is 1. The Morgan fingerprint density at radius 2 is 2.00 bits per heavy atom. The molecule has 0 radical (unpaired) electrons. The number of hydrogen-bond donors (Lipinski definition) is 0. The molecule has 1 atom stereocenters. The fourth-order valence-electron chi connectivity index (χ4n) is 5.21. The Bertz CT molecular complexity index is 1560. The lowest BCUT2D eigenvalue weighted by Gasteiger charge is -2.45. The molecule has 0 spiro atoms. The summed E-state index contributed by atoms with van der Waals surface area (Å²) in [5.74, 6) is -0.306. The Morgan fingerprint density at radius 3 is 2.76 bits per heavy atom. The van der Waals surface area contributed by atoms with Crippen molar-refractivity contribution in [1.82, 2.24) is 28.9 Å². The second-order valence-corrected chi connectivity index (χ2v) is 12.0. The number of benzene rings is 1. The summed E-state index contributed by atoms with van der Waals surface area (Å²) in [6, 6.07) is 7.77. The molecule has 4 heterocycles. The van der Waals surface area contributed by atoms with Gasteiger partial charge in [-0.3, -0.25) is 4.68 Å². The molecule has 4 aromatic rings. The Morgan fingerprint density at radius 1 is 1.16 bits per heavy atom. The summed E-state index contributed by atoms with van der Waals surface area (Å²) >= 11 is 1.40. The highest BCUT2D eigenvalue weighted by atomic mass is 32.2. The van der Waals surface area contributed by atoms with E-state index in [-0.39, 0.29) is 24.0 Å². The van der Waals surface area contributed by atoms with Gasteiger partial charge in [0.05, 0.1) is 23.8 Å². The van der Waals surface area contributed by atoms with Gasteiger partial charge in [-0.2, -0.15) is 14.5 Å². The van der Waals surface area contributed by atoms with Crippen LogP contribution in [0.15, 0.2) is 64.9 Å². The maximum absolute atomic E-state index is 13.7. The molecule has 0 saturated carbocycles. The molecular weight excluding hydrogens is 515 g/mol. The fraction of sp³-hybridized carbons (Fsp3) is 0.320. The van der Waals surface area contributed by atoms with E-state index in [9.17, 15) is 12.8 Å². The zero-order valence-corrected chi connectivity index (χ0v) is 21.8. The lowest BCUT2D eigenvalue weighted by atomic mass is 9.69. The van der Waals surface area contributed by atoms with Crippen LogP contribution in [0, 0.1) is 11.2 Å². The van der Waals surface area contributed by atoms with Crippen LogP contribution in [-0.4, -0.2) is 57.0 Å². The first-order chi connectivity index (χ1) is 17.9. The van der Waals surface area contributed by atoms with Crippen molar-refractivity contribution in [2.24, 2.45) is 5.41 Å². The minimum atomic E-state index is -3.76. The van der Waals surface area contributed by atoms with Gasteiger partial charge in [-0.05, 0) is 61.7 Å². The molecule has 1 aromatic carbocycles. The molecule has 0 unspecified atom stereocenters. The number of hydrogen-bond acceptors (Lipinski definition) is 7. The van der Waals surface area contributed by atoms with E-state index in [0.717, 1.165) is 22.5 Å². The lowest BCUT2D eigenvalue weighted by Crippen LogP contribution is -2.52. The lowest BCUT2D eigenvalue weighted by molar-refractivity contribution is 0.124. The van der Waals surface area contributed by atoms with E-state index in [1.54, 1.807) is 39.6 Å². The standard InChI is InChI=1S/C25H25FN6O3S2/c1-2-31-23(7-9-28-31)37(33,34)30-11-8-19-13-22-18(15-29-32(22)21-5-3-20(26)4-6-21)14-25(19,16-30)17-35-24-27-10-12-36-24/h3-7,9-10,12-13,15H,2,8,11,14,16-17H2,1H3/t25-/m1/s1. The molecule has 37 heavy (non-hydrogen) atoms. The van der Waals surface area contributed by atoms with Gasteiger partial charge in [0.1, 0.15) is 12.4 Å². The normalized spacial score (nSPS) is 19.8. The molecule has 1 aliphatic heterocycles. The van der Waals surface area contributed by atoms with E-state index in [1.165, 1.54) is 34.3 Å². The third-order valence-corrected chi connectivity index (χ3v) is 9.60. The number of aryl methyl sites for hydroxylation is 1. The molecule has 1 saturated heterocycles. The van der Waals surface area contributed by atoms with Crippen LogP contribution in [-0.2, 0) is 23.0 Å². The van der Waals surface area contributed by atoms with Crippen molar-refractivity contribution in [1.29, 1.82) is 0 Å². The van der Waals surface area contributed by atoms with Crippen LogP contribution in [0.3, 0.4) is 0 Å². The van der Waals surface area contributed by atoms with E-state index in [0.29, 0.717) is 31.1 Å². The Kier molecular flexibility index (Phi) is 5.97.